The third kappa shape index (κ3) is 5.50. The van der Waals surface area contributed by atoms with Crippen molar-refractivity contribution in [2.24, 2.45) is 0 Å². The Kier molecular flexibility index (Phi) is 8.35. The van der Waals surface area contributed by atoms with Crippen LogP contribution in [0, 0.1) is 0 Å². The predicted octanol–water partition coefficient (Wildman–Crippen LogP) is 0.867. The lowest BCUT2D eigenvalue weighted by Gasteiger charge is -2.26. The van der Waals surface area contributed by atoms with Crippen molar-refractivity contribution in [1.82, 2.24) is 4.90 Å². The van der Waals surface area contributed by atoms with Gasteiger partial charge < -0.3 is 36.2 Å². The lowest BCUT2D eigenvalue weighted by Crippen LogP contribution is -2.31. The molecule has 1 fully saturated rings. The first-order valence-corrected chi connectivity index (χ1v) is 10.0. The molecule has 0 aliphatic carbocycles. The molecule has 0 saturated carbocycles. The van der Waals surface area contributed by atoms with Crippen molar-refractivity contribution in [3.63, 3.8) is 0 Å². The van der Waals surface area contributed by atoms with E-state index < -0.39 is 12.2 Å². The highest BCUT2D eigenvalue weighted by molar-refractivity contribution is 6.02. The van der Waals surface area contributed by atoms with E-state index in [2.05, 4.69) is 12.2 Å². The number of nitrogens with two attached hydrogens (primary N) is 1. The molecule has 1 aromatic carbocycles. The molecule has 0 bridgehead atoms. The van der Waals surface area contributed by atoms with Gasteiger partial charge in [-0.25, -0.2) is 0 Å². The van der Waals surface area contributed by atoms with Gasteiger partial charge in [0.05, 0.1) is 41.4 Å². The summed E-state index contributed by atoms with van der Waals surface area (Å²) in [6, 6.07) is 3.39. The van der Waals surface area contributed by atoms with E-state index in [0.29, 0.717) is 35.7 Å². The molecule has 1 aliphatic heterocycles. The number of nitrogens with one attached hydrogen (secondary N) is 1. The second kappa shape index (κ2) is 10.5. The smallest absolute Gasteiger partial charge is 0.255 e. The van der Waals surface area contributed by atoms with E-state index in [9.17, 15) is 15.0 Å². The van der Waals surface area contributed by atoms with Crippen molar-refractivity contribution in [2.75, 3.05) is 55.8 Å². The van der Waals surface area contributed by atoms with Crippen LogP contribution in [0.5, 0.6) is 0 Å². The van der Waals surface area contributed by atoms with Gasteiger partial charge in [0.2, 0.25) is 0 Å². The number of hydrogen-bond acceptors (Lipinski definition) is 7. The number of aliphatic hydroxyl groups is 3. The molecule has 158 valence electrons. The molecule has 2 rings (SSSR count). The Morgan fingerprint density at radius 2 is 1.93 bits per heavy atom. The number of carbonyl (C=O) groups is 1. The fourth-order valence-corrected chi connectivity index (χ4v) is 3.43. The zero-order chi connectivity index (χ0) is 20.7. The van der Waals surface area contributed by atoms with E-state index in [4.69, 9.17) is 10.8 Å². The lowest BCUT2D eigenvalue weighted by atomic mass is 10.1. The molecule has 2 atom stereocenters. The second-order valence-electron chi connectivity index (χ2n) is 7.43. The topological polar surface area (TPSA) is 122 Å². The molecular formula is C20H34N4O4. The van der Waals surface area contributed by atoms with Gasteiger partial charge in [0.15, 0.2) is 0 Å². The number of unbranched alkanes of at least 4 members (excludes halogenated alkanes) is 3. The molecule has 0 spiro atoms. The van der Waals surface area contributed by atoms with Crippen LogP contribution in [-0.4, -0.2) is 78.2 Å². The SMILES string of the molecule is CCCCCCN(C)C(=O)c1cc(N)c(NCCO)cc1N1C[C@H](O)[C@@H](O)C1. The zero-order valence-electron chi connectivity index (χ0n) is 16.9. The third-order valence-electron chi connectivity index (χ3n) is 5.12. The Labute approximate surface area is 166 Å². The molecule has 0 unspecified atom stereocenters. The Hall–Kier alpha value is -2.03. The average Bonchev–Trinajstić information content (AvgIpc) is 3.01. The predicted molar refractivity (Wildman–Crippen MR) is 112 cm³/mol. The number of aliphatic hydroxyl groups excluding tert-OH is 3. The molecule has 6 N–H and O–H groups in total. The summed E-state index contributed by atoms with van der Waals surface area (Å²) in [4.78, 5) is 16.6. The summed E-state index contributed by atoms with van der Waals surface area (Å²) >= 11 is 0. The van der Waals surface area contributed by atoms with Gasteiger partial charge in [0.25, 0.3) is 5.91 Å². The molecule has 1 saturated heterocycles. The van der Waals surface area contributed by atoms with Gasteiger partial charge in [-0.05, 0) is 18.6 Å². The normalized spacial score (nSPS) is 19.1. The largest absolute Gasteiger partial charge is 0.397 e. The molecule has 1 aromatic rings. The van der Waals surface area contributed by atoms with Gasteiger partial charge in [0.1, 0.15) is 0 Å². The van der Waals surface area contributed by atoms with Crippen molar-refractivity contribution in [1.29, 1.82) is 0 Å². The quantitative estimate of drug-likeness (QED) is 0.295. The van der Waals surface area contributed by atoms with E-state index in [1.807, 2.05) is 0 Å². The number of anilines is 3. The zero-order valence-corrected chi connectivity index (χ0v) is 16.9. The van der Waals surface area contributed by atoms with Crippen molar-refractivity contribution in [2.45, 2.75) is 44.8 Å². The summed E-state index contributed by atoms with van der Waals surface area (Å²) in [5, 5.41) is 32.0. The number of hydrogen-bond donors (Lipinski definition) is 5. The molecule has 28 heavy (non-hydrogen) atoms. The van der Waals surface area contributed by atoms with E-state index in [1.54, 1.807) is 29.0 Å². The summed E-state index contributed by atoms with van der Waals surface area (Å²) in [5.41, 5.74) is 8.23. The molecule has 8 nitrogen and oxygen atoms in total. The van der Waals surface area contributed by atoms with Gasteiger partial charge in [-0.15, -0.1) is 0 Å². The number of carbonyl (C=O) groups excluding carboxylic acids is 1. The Morgan fingerprint density at radius 1 is 1.25 bits per heavy atom. The standard InChI is InChI=1S/C20H34N4O4/c1-3-4-5-6-8-23(2)20(28)14-10-15(21)16(22-7-9-25)11-17(14)24-12-18(26)19(27)13-24/h10-11,18-19,22,25-27H,3-9,12-13,21H2,1-2H3/t18-,19-/m0/s1. The van der Waals surface area contributed by atoms with Gasteiger partial charge in [-0.1, -0.05) is 26.2 Å². The van der Waals surface area contributed by atoms with Gasteiger partial charge in [-0.3, -0.25) is 4.79 Å². The van der Waals surface area contributed by atoms with Crippen LogP contribution >= 0.6 is 0 Å². The first kappa shape index (κ1) is 22.3. The first-order chi connectivity index (χ1) is 13.4. The van der Waals surface area contributed by atoms with Crippen LogP contribution < -0.4 is 16.0 Å². The molecule has 1 aliphatic rings. The molecule has 0 aromatic heterocycles. The number of nitrogens with zero attached hydrogens (tertiary/aromatic N) is 2. The van der Waals surface area contributed by atoms with E-state index in [-0.39, 0.29) is 25.6 Å². The van der Waals surface area contributed by atoms with E-state index in [1.165, 1.54) is 0 Å². The van der Waals surface area contributed by atoms with Crippen LogP contribution in [0.25, 0.3) is 0 Å². The van der Waals surface area contributed by atoms with Crippen LogP contribution in [-0.2, 0) is 0 Å². The van der Waals surface area contributed by atoms with Crippen molar-refractivity contribution in [3.8, 4) is 0 Å². The minimum atomic E-state index is -0.860. The number of nitrogen functional groups attached to an aromatic ring is 1. The summed E-state index contributed by atoms with van der Waals surface area (Å²) in [6.07, 6.45) is 2.59. The minimum absolute atomic E-state index is 0.0445. The maximum atomic E-state index is 13.1. The molecule has 8 heteroatoms. The van der Waals surface area contributed by atoms with Gasteiger partial charge in [0, 0.05) is 33.2 Å². The second-order valence-corrected chi connectivity index (χ2v) is 7.43. The van der Waals surface area contributed by atoms with Gasteiger partial charge >= 0.3 is 0 Å². The van der Waals surface area contributed by atoms with Crippen LogP contribution in [0.4, 0.5) is 17.1 Å². The maximum Gasteiger partial charge on any atom is 0.255 e. The molecule has 1 heterocycles. The first-order valence-electron chi connectivity index (χ1n) is 10.0. The number of β-amino-alcohol motifs (C(OH)–C–C–N with tert-alkyl or cyclic N) is 2. The highest BCUT2D eigenvalue weighted by Crippen LogP contribution is 2.33. The summed E-state index contributed by atoms with van der Waals surface area (Å²) in [7, 11) is 1.78. The highest BCUT2D eigenvalue weighted by atomic mass is 16.3. The Bertz CT molecular complexity index is 645. The van der Waals surface area contributed by atoms with E-state index >= 15 is 0 Å². The fraction of sp³-hybridized carbons (Fsp3) is 0.650. The monoisotopic (exact) mass is 394 g/mol. The summed E-state index contributed by atoms with van der Waals surface area (Å²) < 4.78 is 0. The Balaban J connectivity index is 2.27. The third-order valence-corrected chi connectivity index (χ3v) is 5.12. The van der Waals surface area contributed by atoms with E-state index in [0.717, 1.165) is 25.7 Å². The van der Waals surface area contributed by atoms with Crippen LogP contribution in [0.15, 0.2) is 12.1 Å². The fourth-order valence-electron chi connectivity index (χ4n) is 3.43. The molecular weight excluding hydrogens is 360 g/mol. The molecule has 1 amide bonds. The summed E-state index contributed by atoms with van der Waals surface area (Å²) in [6.45, 7) is 3.58. The van der Waals surface area contributed by atoms with Crippen molar-refractivity contribution in [3.05, 3.63) is 17.7 Å². The van der Waals surface area contributed by atoms with Crippen LogP contribution in [0.1, 0.15) is 43.0 Å². The van der Waals surface area contributed by atoms with Crippen molar-refractivity contribution < 1.29 is 20.1 Å². The minimum Gasteiger partial charge on any atom is -0.397 e. The lowest BCUT2D eigenvalue weighted by molar-refractivity contribution is 0.0572. The van der Waals surface area contributed by atoms with Crippen molar-refractivity contribution >= 4 is 23.0 Å². The van der Waals surface area contributed by atoms with Crippen LogP contribution in [0.3, 0.4) is 0 Å². The number of benzene rings is 1. The maximum absolute atomic E-state index is 13.1. The summed E-state index contributed by atoms with van der Waals surface area (Å²) in [5.74, 6) is -0.136. The number of amides is 1. The molecule has 0 radical (unpaired) electrons. The van der Waals surface area contributed by atoms with Crippen LogP contribution in [0.2, 0.25) is 0 Å². The average molecular weight is 395 g/mol. The highest BCUT2D eigenvalue weighted by Gasteiger charge is 2.32. The number of rotatable bonds is 10. The van der Waals surface area contributed by atoms with Gasteiger partial charge in [-0.2, -0.15) is 0 Å². The Morgan fingerprint density at radius 3 is 2.54 bits per heavy atom.